The van der Waals surface area contributed by atoms with E-state index in [1.54, 1.807) is 24.3 Å². The molecule has 1 aliphatic rings. The molecule has 0 heterocycles. The number of hydrogen-bond acceptors (Lipinski definition) is 2. The molecule has 0 aromatic heterocycles. The summed E-state index contributed by atoms with van der Waals surface area (Å²) in [4.78, 5) is 0. The van der Waals surface area contributed by atoms with Crippen molar-refractivity contribution in [2.75, 3.05) is 0 Å². The van der Waals surface area contributed by atoms with Crippen LogP contribution in [0.25, 0.3) is 0 Å². The number of hydrogen-bond donors (Lipinski definition) is 2. The second-order valence-corrected chi connectivity index (χ2v) is 4.15. The highest BCUT2D eigenvalue weighted by Gasteiger charge is 2.27. The Kier molecular flexibility index (Phi) is 2.84. The second kappa shape index (κ2) is 4.14. The number of aliphatic hydroxyl groups is 1. The van der Waals surface area contributed by atoms with Crippen LogP contribution in [0.1, 0.15) is 25.3 Å². The van der Waals surface area contributed by atoms with E-state index in [2.05, 4.69) is 13.0 Å². The van der Waals surface area contributed by atoms with Gasteiger partial charge in [0, 0.05) is 6.42 Å². The number of phenolic OH excluding ortho intramolecular Hbond substituents is 1. The van der Waals surface area contributed by atoms with Crippen molar-refractivity contribution in [3.05, 3.63) is 53.6 Å². The molecule has 2 rings (SSSR count). The molecule has 84 valence electrons. The molecule has 1 aromatic rings. The van der Waals surface area contributed by atoms with E-state index < -0.39 is 5.60 Å². The normalized spacial score (nSPS) is 24.2. The molecule has 0 fully saturated rings. The third kappa shape index (κ3) is 2.02. The molecule has 1 unspecified atom stereocenters. The van der Waals surface area contributed by atoms with E-state index in [0.29, 0.717) is 6.42 Å². The topological polar surface area (TPSA) is 40.5 Å². The molecule has 1 atom stereocenters. The van der Waals surface area contributed by atoms with Crippen LogP contribution in [0.3, 0.4) is 0 Å². The minimum Gasteiger partial charge on any atom is -0.508 e. The zero-order valence-electron chi connectivity index (χ0n) is 9.35. The molecule has 0 spiro atoms. The molecule has 16 heavy (non-hydrogen) atoms. The van der Waals surface area contributed by atoms with Crippen LogP contribution in [-0.4, -0.2) is 10.2 Å². The van der Waals surface area contributed by atoms with Gasteiger partial charge in [-0.05, 0) is 35.8 Å². The van der Waals surface area contributed by atoms with E-state index >= 15 is 0 Å². The first-order valence-corrected chi connectivity index (χ1v) is 5.54. The summed E-state index contributed by atoms with van der Waals surface area (Å²) in [5.74, 6) is 0.221. The highest BCUT2D eigenvalue weighted by molar-refractivity contribution is 5.38. The van der Waals surface area contributed by atoms with Gasteiger partial charge in [0.15, 0.2) is 0 Å². The predicted octanol–water partition coefficient (Wildman–Crippen LogP) is 2.88. The van der Waals surface area contributed by atoms with Gasteiger partial charge in [0.2, 0.25) is 0 Å². The molecule has 0 amide bonds. The largest absolute Gasteiger partial charge is 0.508 e. The highest BCUT2D eigenvalue weighted by atomic mass is 16.3. The minimum absolute atomic E-state index is 0.221. The van der Waals surface area contributed by atoms with Gasteiger partial charge in [-0.3, -0.25) is 0 Å². The maximum Gasteiger partial charge on any atom is 0.115 e. The van der Waals surface area contributed by atoms with Gasteiger partial charge in [-0.1, -0.05) is 31.2 Å². The van der Waals surface area contributed by atoms with Gasteiger partial charge in [-0.2, -0.15) is 0 Å². The van der Waals surface area contributed by atoms with Crippen molar-refractivity contribution in [1.29, 1.82) is 0 Å². The van der Waals surface area contributed by atoms with E-state index in [0.717, 1.165) is 17.6 Å². The summed E-state index contributed by atoms with van der Waals surface area (Å²) >= 11 is 0. The summed E-state index contributed by atoms with van der Waals surface area (Å²) in [6, 6.07) is 6.73. The zero-order valence-corrected chi connectivity index (χ0v) is 9.35. The first-order valence-electron chi connectivity index (χ1n) is 5.54. The van der Waals surface area contributed by atoms with Gasteiger partial charge in [-0.25, -0.2) is 0 Å². The lowest BCUT2D eigenvalue weighted by atomic mass is 9.84. The van der Waals surface area contributed by atoms with Crippen LogP contribution in [0.4, 0.5) is 0 Å². The SMILES string of the molecule is CCC1=CC(O)(c2ccc(O)cc2)CC=C1. The number of rotatable bonds is 2. The Labute approximate surface area is 95.6 Å². The molecule has 0 aliphatic heterocycles. The Balaban J connectivity index is 2.36. The maximum absolute atomic E-state index is 10.5. The Morgan fingerprint density at radius 3 is 2.56 bits per heavy atom. The maximum atomic E-state index is 10.5. The van der Waals surface area contributed by atoms with Gasteiger partial charge in [0.1, 0.15) is 11.4 Å². The molecule has 2 N–H and O–H groups in total. The lowest BCUT2D eigenvalue weighted by Gasteiger charge is -2.27. The molecule has 0 bridgehead atoms. The van der Waals surface area contributed by atoms with Crippen molar-refractivity contribution < 1.29 is 10.2 Å². The van der Waals surface area contributed by atoms with Crippen LogP contribution in [0.5, 0.6) is 5.75 Å². The third-order valence-electron chi connectivity index (χ3n) is 2.96. The van der Waals surface area contributed by atoms with Crippen LogP contribution in [0.15, 0.2) is 48.1 Å². The first kappa shape index (κ1) is 11.0. The van der Waals surface area contributed by atoms with Crippen molar-refractivity contribution in [2.45, 2.75) is 25.4 Å². The molecule has 1 aliphatic carbocycles. The lowest BCUT2D eigenvalue weighted by Crippen LogP contribution is -2.24. The monoisotopic (exact) mass is 216 g/mol. The van der Waals surface area contributed by atoms with Crippen LogP contribution in [-0.2, 0) is 5.60 Å². The third-order valence-corrected chi connectivity index (χ3v) is 2.96. The van der Waals surface area contributed by atoms with Gasteiger partial charge < -0.3 is 10.2 Å². The van der Waals surface area contributed by atoms with Crippen LogP contribution >= 0.6 is 0 Å². The van der Waals surface area contributed by atoms with Crippen molar-refractivity contribution in [2.24, 2.45) is 0 Å². The van der Waals surface area contributed by atoms with Crippen LogP contribution < -0.4 is 0 Å². The fourth-order valence-electron chi connectivity index (χ4n) is 1.97. The molecule has 1 aromatic carbocycles. The van der Waals surface area contributed by atoms with E-state index in [4.69, 9.17) is 0 Å². The zero-order chi connectivity index (χ0) is 11.6. The van der Waals surface area contributed by atoms with Crippen molar-refractivity contribution in [3.63, 3.8) is 0 Å². The average molecular weight is 216 g/mol. The Morgan fingerprint density at radius 1 is 1.25 bits per heavy atom. The molecule has 0 saturated heterocycles. The van der Waals surface area contributed by atoms with Gasteiger partial charge in [-0.15, -0.1) is 0 Å². The Hall–Kier alpha value is -1.54. The molecular formula is C14H16O2. The first-order chi connectivity index (χ1) is 7.64. The number of benzene rings is 1. The summed E-state index contributed by atoms with van der Waals surface area (Å²) in [6.07, 6.45) is 7.44. The number of allylic oxidation sites excluding steroid dienone is 2. The Bertz CT molecular complexity index is 429. The van der Waals surface area contributed by atoms with Crippen molar-refractivity contribution in [1.82, 2.24) is 0 Å². The average Bonchev–Trinajstić information content (AvgIpc) is 2.29. The van der Waals surface area contributed by atoms with E-state index in [1.165, 1.54) is 0 Å². The second-order valence-electron chi connectivity index (χ2n) is 4.15. The van der Waals surface area contributed by atoms with Crippen molar-refractivity contribution >= 4 is 0 Å². The van der Waals surface area contributed by atoms with E-state index in [-0.39, 0.29) is 5.75 Å². The lowest BCUT2D eigenvalue weighted by molar-refractivity contribution is 0.0905. The fourth-order valence-corrected chi connectivity index (χ4v) is 1.97. The van der Waals surface area contributed by atoms with Crippen molar-refractivity contribution in [3.8, 4) is 5.75 Å². The Morgan fingerprint density at radius 2 is 1.94 bits per heavy atom. The van der Waals surface area contributed by atoms with Crippen LogP contribution in [0, 0.1) is 0 Å². The fraction of sp³-hybridized carbons (Fsp3) is 0.286. The van der Waals surface area contributed by atoms with Gasteiger partial charge >= 0.3 is 0 Å². The summed E-state index contributed by atoms with van der Waals surface area (Å²) in [7, 11) is 0. The summed E-state index contributed by atoms with van der Waals surface area (Å²) in [5, 5.41) is 19.8. The number of aromatic hydroxyl groups is 1. The van der Waals surface area contributed by atoms with E-state index in [1.807, 2.05) is 12.2 Å². The van der Waals surface area contributed by atoms with Crippen LogP contribution in [0.2, 0.25) is 0 Å². The molecular weight excluding hydrogens is 200 g/mol. The molecule has 0 saturated carbocycles. The smallest absolute Gasteiger partial charge is 0.115 e. The summed E-state index contributed by atoms with van der Waals surface area (Å²) in [6.45, 7) is 2.07. The summed E-state index contributed by atoms with van der Waals surface area (Å²) in [5.41, 5.74) is 1.04. The summed E-state index contributed by atoms with van der Waals surface area (Å²) < 4.78 is 0. The van der Waals surface area contributed by atoms with Gasteiger partial charge in [0.25, 0.3) is 0 Å². The quantitative estimate of drug-likeness (QED) is 0.798. The molecule has 2 nitrogen and oxygen atoms in total. The number of phenols is 1. The highest BCUT2D eigenvalue weighted by Crippen LogP contribution is 2.33. The molecule has 0 radical (unpaired) electrons. The predicted molar refractivity (Wildman–Crippen MR) is 64.1 cm³/mol. The molecule has 2 heteroatoms. The van der Waals surface area contributed by atoms with Gasteiger partial charge in [0.05, 0.1) is 0 Å². The van der Waals surface area contributed by atoms with E-state index in [9.17, 15) is 10.2 Å². The minimum atomic E-state index is -0.923. The standard InChI is InChI=1S/C14H16O2/c1-2-11-4-3-9-14(16,10-11)12-5-7-13(15)8-6-12/h3-8,10,15-16H,2,9H2,1H3.